The molecule has 1 amide bonds. The number of piperazine rings is 1. The normalized spacial score (nSPS) is 14.5. The van der Waals surface area contributed by atoms with E-state index in [1.165, 1.54) is 21.8 Å². The number of amides is 1. The van der Waals surface area contributed by atoms with Gasteiger partial charge in [0.05, 0.1) is 44.8 Å². The molecule has 1 aliphatic heterocycles. The van der Waals surface area contributed by atoms with Gasteiger partial charge >= 0.3 is 6.09 Å². The summed E-state index contributed by atoms with van der Waals surface area (Å²) in [7, 11) is 0. The molecule has 0 saturated carbocycles. The van der Waals surface area contributed by atoms with Crippen LogP contribution < -0.4 is 39.2 Å². The molecule has 1 N–H and O–H groups in total. The number of halogens is 1. The number of ether oxygens (including phenoxy) is 2. The van der Waals surface area contributed by atoms with E-state index in [0.29, 0.717) is 26.4 Å². The number of carbonyl (C=O) groups excluding carboxylic acids is 1. The molecule has 10 heteroatoms. The summed E-state index contributed by atoms with van der Waals surface area (Å²) in [5.41, 5.74) is 1.95. The fraction of sp³-hybridized carbons (Fsp3) is 0.419. The molecule has 0 bridgehead atoms. The number of carbonyl (C=O) groups is 1. The van der Waals surface area contributed by atoms with Gasteiger partial charge in [0.15, 0.2) is 0 Å². The van der Waals surface area contributed by atoms with Gasteiger partial charge < -0.3 is 48.2 Å². The number of unbranched alkanes of at least 4 members (excludes halogenated alkanes) is 1. The summed E-state index contributed by atoms with van der Waals surface area (Å²) in [6, 6.07) is 17.9. The Labute approximate surface area is 262 Å². The van der Waals surface area contributed by atoms with Crippen LogP contribution in [0.15, 0.2) is 64.8 Å². The zero-order valence-electron chi connectivity index (χ0n) is 23.8. The second-order valence-corrected chi connectivity index (χ2v) is 11.4. The molecule has 0 unspecified atom stereocenters. The molecule has 41 heavy (non-hydrogen) atoms. The molecule has 1 saturated heterocycles. The first-order valence-corrected chi connectivity index (χ1v) is 15.1. The predicted molar refractivity (Wildman–Crippen MR) is 162 cm³/mol. The van der Waals surface area contributed by atoms with Crippen molar-refractivity contribution in [2.24, 2.45) is 0 Å². The van der Waals surface area contributed by atoms with Crippen molar-refractivity contribution in [1.29, 1.82) is 0 Å². The highest BCUT2D eigenvalue weighted by Gasteiger charge is 2.35. The van der Waals surface area contributed by atoms with E-state index in [1.54, 1.807) is 16.2 Å². The van der Waals surface area contributed by atoms with Crippen LogP contribution in [0.2, 0.25) is 0 Å². The second-order valence-electron chi connectivity index (χ2n) is 10.4. The Morgan fingerprint density at radius 1 is 1.05 bits per heavy atom. The highest BCUT2D eigenvalue weighted by Crippen LogP contribution is 2.32. The van der Waals surface area contributed by atoms with Gasteiger partial charge in [-0.3, -0.25) is 9.28 Å². The molecule has 2 aromatic carbocycles. The Kier molecular flexibility index (Phi) is 10.9. The lowest BCUT2D eigenvalue weighted by Gasteiger charge is -2.45. The van der Waals surface area contributed by atoms with Crippen LogP contribution in [0.4, 0.5) is 10.5 Å². The number of rotatable bonds is 11. The maximum absolute atomic E-state index is 12.7. The number of aromatic nitrogens is 1. The second kappa shape index (κ2) is 14.4. The smallest absolute Gasteiger partial charge is 0.414 e. The maximum Gasteiger partial charge on any atom is 0.414 e. The third-order valence-electron chi connectivity index (χ3n) is 7.98. The van der Waals surface area contributed by atoms with Crippen LogP contribution >= 0.6 is 11.3 Å². The quantitative estimate of drug-likeness (QED) is 0.149. The minimum atomic E-state index is -0.231. The lowest BCUT2D eigenvalue weighted by Crippen LogP contribution is -3.00. The Balaban J connectivity index is 0.00000387. The summed E-state index contributed by atoms with van der Waals surface area (Å²) >= 11 is 1.78. The Morgan fingerprint density at radius 2 is 1.83 bits per heavy atom. The van der Waals surface area contributed by atoms with Crippen LogP contribution in [-0.2, 0) is 4.74 Å². The van der Waals surface area contributed by atoms with Crippen LogP contribution in [0.25, 0.3) is 21.0 Å². The van der Waals surface area contributed by atoms with E-state index >= 15 is 0 Å². The maximum atomic E-state index is 12.7. The molecule has 1 fully saturated rings. The van der Waals surface area contributed by atoms with E-state index in [-0.39, 0.29) is 35.6 Å². The number of pyridine rings is 1. The van der Waals surface area contributed by atoms with Crippen molar-refractivity contribution < 1.29 is 42.7 Å². The van der Waals surface area contributed by atoms with Crippen molar-refractivity contribution in [2.45, 2.75) is 26.7 Å². The SMILES string of the molecule is CCN(CC)C(=O)OC[N+]1(CCCCOc2ccc3ccc(=O)[nH]c3c2)CCN(c2cccc3sccc23)CC1.[I-]. The van der Waals surface area contributed by atoms with Crippen LogP contribution in [0.1, 0.15) is 26.7 Å². The molecule has 5 rings (SSSR count). The molecule has 0 radical (unpaired) electrons. The summed E-state index contributed by atoms with van der Waals surface area (Å²) in [5, 5.41) is 4.45. The van der Waals surface area contributed by atoms with Gasteiger partial charge in [-0.05, 0) is 73.9 Å². The lowest BCUT2D eigenvalue weighted by atomic mass is 10.1. The molecule has 0 spiro atoms. The summed E-state index contributed by atoms with van der Waals surface area (Å²) in [6.07, 6.45) is 1.63. The van der Waals surface area contributed by atoms with Crippen LogP contribution in [-0.4, -0.2) is 79.6 Å². The van der Waals surface area contributed by atoms with Crippen molar-refractivity contribution in [1.82, 2.24) is 9.88 Å². The highest BCUT2D eigenvalue weighted by atomic mass is 127. The van der Waals surface area contributed by atoms with Gasteiger partial charge in [0.2, 0.25) is 12.3 Å². The van der Waals surface area contributed by atoms with Crippen molar-refractivity contribution in [3.63, 3.8) is 0 Å². The molecule has 3 heterocycles. The summed E-state index contributed by atoms with van der Waals surface area (Å²) in [5.74, 6) is 0.752. The predicted octanol–water partition coefficient (Wildman–Crippen LogP) is 2.68. The topological polar surface area (TPSA) is 74.9 Å². The van der Waals surface area contributed by atoms with E-state index < -0.39 is 0 Å². The molecule has 8 nitrogen and oxygen atoms in total. The van der Waals surface area contributed by atoms with Gasteiger partial charge in [0.25, 0.3) is 0 Å². The number of anilines is 1. The Bertz CT molecular complexity index is 1490. The number of H-pyrrole nitrogens is 1. The average Bonchev–Trinajstić information content (AvgIpc) is 3.46. The Morgan fingerprint density at radius 3 is 2.61 bits per heavy atom. The lowest BCUT2D eigenvalue weighted by molar-refractivity contribution is -0.944. The van der Waals surface area contributed by atoms with Crippen molar-refractivity contribution in [3.05, 3.63) is 70.3 Å². The van der Waals surface area contributed by atoms with E-state index in [4.69, 9.17) is 9.47 Å². The summed E-state index contributed by atoms with van der Waals surface area (Å²) in [4.78, 5) is 31.4. The zero-order valence-corrected chi connectivity index (χ0v) is 26.8. The van der Waals surface area contributed by atoms with Crippen LogP contribution in [0, 0.1) is 0 Å². The van der Waals surface area contributed by atoms with E-state index in [9.17, 15) is 9.59 Å². The Hall–Kier alpha value is -2.83. The fourth-order valence-corrected chi connectivity index (χ4v) is 6.33. The third kappa shape index (κ3) is 7.52. The summed E-state index contributed by atoms with van der Waals surface area (Å²) < 4.78 is 14.0. The van der Waals surface area contributed by atoms with Gasteiger partial charge in [-0.25, -0.2) is 4.79 Å². The largest absolute Gasteiger partial charge is 1.00 e. The van der Waals surface area contributed by atoms with Gasteiger partial charge in [-0.1, -0.05) is 6.07 Å². The number of hydrogen-bond acceptors (Lipinski definition) is 6. The number of hydrogen-bond donors (Lipinski definition) is 1. The van der Waals surface area contributed by atoms with Gasteiger partial charge in [-0.15, -0.1) is 11.3 Å². The molecule has 2 aromatic heterocycles. The first kappa shape index (κ1) is 31.1. The highest BCUT2D eigenvalue weighted by molar-refractivity contribution is 7.17. The first-order valence-electron chi connectivity index (χ1n) is 14.2. The van der Waals surface area contributed by atoms with E-state index in [2.05, 4.69) is 39.5 Å². The molecule has 0 aliphatic carbocycles. The van der Waals surface area contributed by atoms with Crippen molar-refractivity contribution >= 4 is 44.1 Å². The summed E-state index contributed by atoms with van der Waals surface area (Å²) in [6.45, 7) is 10.8. The van der Waals surface area contributed by atoms with E-state index in [1.807, 2.05) is 38.1 Å². The molecule has 4 aromatic rings. The zero-order chi connectivity index (χ0) is 28.0. The number of thiophene rings is 1. The van der Waals surface area contributed by atoms with Crippen molar-refractivity contribution in [3.8, 4) is 5.75 Å². The average molecular weight is 691 g/mol. The number of fused-ring (bicyclic) bond motifs is 2. The van der Waals surface area contributed by atoms with Crippen molar-refractivity contribution in [2.75, 3.05) is 64.1 Å². The fourth-order valence-electron chi connectivity index (χ4n) is 5.52. The van der Waals surface area contributed by atoms with Crippen LogP contribution in [0.3, 0.4) is 0 Å². The number of aromatic amines is 1. The molecule has 0 atom stereocenters. The molecule has 1 aliphatic rings. The molecular weight excluding hydrogens is 651 g/mol. The van der Waals surface area contributed by atoms with Gasteiger partial charge in [0, 0.05) is 41.0 Å². The number of nitrogens with zero attached hydrogens (tertiary/aromatic N) is 3. The van der Waals surface area contributed by atoms with Gasteiger partial charge in [0.1, 0.15) is 5.75 Å². The third-order valence-corrected chi connectivity index (χ3v) is 8.86. The minimum Gasteiger partial charge on any atom is -1.00 e. The first-order chi connectivity index (χ1) is 19.5. The molecular formula is C31H39IN4O4S. The van der Waals surface area contributed by atoms with Crippen LogP contribution in [0.5, 0.6) is 5.75 Å². The minimum absolute atomic E-state index is 0. The monoisotopic (exact) mass is 690 g/mol. The van der Waals surface area contributed by atoms with E-state index in [0.717, 1.165) is 66.7 Å². The van der Waals surface area contributed by atoms with Gasteiger partial charge in [-0.2, -0.15) is 0 Å². The standard InChI is InChI=1S/C31H38N4O4S.HI/c1-3-33(4-2)31(37)39-23-35(18-15-34(16-19-35)28-8-7-9-29-26(28)14-21-40-29)17-5-6-20-38-25-12-10-24-11-13-30(36)32-27(24)22-25;/h7-14,21-22H,3-6,15-20,23H2,1-2H3;1H. The number of nitrogens with one attached hydrogen (secondary N) is 1. The molecule has 220 valence electrons. The number of benzene rings is 2. The number of quaternary nitrogens is 1.